The lowest BCUT2D eigenvalue weighted by molar-refractivity contribution is -0.144. The van der Waals surface area contributed by atoms with Crippen molar-refractivity contribution < 1.29 is 19.1 Å². The number of rotatable bonds is 3. The number of esters is 1. The van der Waals surface area contributed by atoms with Gasteiger partial charge in [-0.2, -0.15) is 4.99 Å². The van der Waals surface area contributed by atoms with Gasteiger partial charge in [-0.15, -0.1) is 0 Å². The molecule has 0 aliphatic carbocycles. The Morgan fingerprint density at radius 1 is 1.36 bits per heavy atom. The molecule has 6 nitrogen and oxygen atoms in total. The van der Waals surface area contributed by atoms with Gasteiger partial charge in [-0.1, -0.05) is 30.0 Å². The molecule has 1 aromatic rings. The summed E-state index contributed by atoms with van der Waals surface area (Å²) >= 11 is 1.35. The van der Waals surface area contributed by atoms with Crippen LogP contribution in [0.4, 0.5) is 10.5 Å². The number of amidine groups is 1. The normalized spacial score (nSPS) is 19.8. The first-order valence-corrected chi connectivity index (χ1v) is 7.93. The summed E-state index contributed by atoms with van der Waals surface area (Å²) in [4.78, 5) is 29.2. The molecule has 1 heterocycles. The molecule has 1 unspecified atom stereocenters. The summed E-state index contributed by atoms with van der Waals surface area (Å²) in [6.07, 6.45) is -0.623. The number of anilines is 1. The first-order valence-electron chi connectivity index (χ1n) is 6.94. The summed E-state index contributed by atoms with van der Waals surface area (Å²) in [7, 11) is 1.38. The zero-order valence-electron chi connectivity index (χ0n) is 12.5. The van der Waals surface area contributed by atoms with Gasteiger partial charge in [0.15, 0.2) is 5.17 Å². The second kappa shape index (κ2) is 7.84. The minimum absolute atomic E-state index is 0.261. The first kappa shape index (κ1) is 16.4. The molecule has 0 spiro atoms. The lowest BCUT2D eigenvalue weighted by Gasteiger charge is -2.33. The molecule has 1 fully saturated rings. The number of amides is 1. The highest BCUT2D eigenvalue weighted by molar-refractivity contribution is 8.14. The number of hydrogen-bond donors (Lipinski definition) is 0. The van der Waals surface area contributed by atoms with Crippen molar-refractivity contribution in [3.63, 3.8) is 0 Å². The molecule has 0 aromatic heterocycles. The van der Waals surface area contributed by atoms with Gasteiger partial charge in [-0.25, -0.2) is 4.79 Å². The van der Waals surface area contributed by atoms with Crippen LogP contribution >= 0.6 is 11.8 Å². The van der Waals surface area contributed by atoms with E-state index >= 15 is 0 Å². The third kappa shape index (κ3) is 4.00. The number of thioether (sulfide) groups is 1. The smallest absolute Gasteiger partial charge is 0.436 e. The number of carbonyl (C=O) groups is 2. The Morgan fingerprint density at radius 3 is 2.73 bits per heavy atom. The largest absolute Gasteiger partial charge is 0.469 e. The highest BCUT2D eigenvalue weighted by Crippen LogP contribution is 2.28. The van der Waals surface area contributed by atoms with Gasteiger partial charge < -0.3 is 14.4 Å². The van der Waals surface area contributed by atoms with E-state index < -0.39 is 6.09 Å². The first-order chi connectivity index (χ1) is 10.7. The Kier molecular flexibility index (Phi) is 5.83. The molecular formula is C15H18N2O4S. The molecule has 0 saturated carbocycles. The fourth-order valence-corrected chi connectivity index (χ4v) is 3.13. The van der Waals surface area contributed by atoms with Crippen molar-refractivity contribution in [2.24, 2.45) is 10.9 Å². The van der Waals surface area contributed by atoms with Gasteiger partial charge in [0.1, 0.15) is 0 Å². The highest BCUT2D eigenvalue weighted by atomic mass is 32.2. The van der Waals surface area contributed by atoms with E-state index in [-0.39, 0.29) is 18.5 Å². The number of aliphatic imine (C=N–C) groups is 1. The van der Waals surface area contributed by atoms with Crippen LogP contribution in [-0.2, 0) is 14.3 Å². The zero-order valence-corrected chi connectivity index (χ0v) is 13.3. The summed E-state index contributed by atoms with van der Waals surface area (Å²) in [6, 6.07) is 9.50. The lowest BCUT2D eigenvalue weighted by Crippen LogP contribution is -2.43. The molecule has 1 saturated heterocycles. The summed E-state index contributed by atoms with van der Waals surface area (Å²) in [6.45, 7) is 2.42. The van der Waals surface area contributed by atoms with E-state index in [0.717, 1.165) is 5.69 Å². The molecule has 2 rings (SSSR count). The summed E-state index contributed by atoms with van der Waals surface area (Å²) in [5.74, 6) is -0.00574. The van der Waals surface area contributed by atoms with Gasteiger partial charge in [-0.05, 0) is 19.1 Å². The predicted octanol–water partition coefficient (Wildman–Crippen LogP) is 2.54. The fraction of sp³-hybridized carbons (Fsp3) is 0.400. The lowest BCUT2D eigenvalue weighted by atomic mass is 10.1. The molecule has 1 atom stereocenters. The van der Waals surface area contributed by atoms with Gasteiger partial charge in [0, 0.05) is 18.0 Å². The van der Waals surface area contributed by atoms with Crippen LogP contribution in [0.1, 0.15) is 6.92 Å². The van der Waals surface area contributed by atoms with Crippen LogP contribution in [0.3, 0.4) is 0 Å². The molecule has 22 heavy (non-hydrogen) atoms. The standard InChI is InChI=1S/C15H18N2O4S/c1-3-21-15(19)16-14-17(12-7-5-4-6-8-12)9-11(10-22-14)13(18)20-2/h4-8,11H,3,9-10H2,1-2H3. The Morgan fingerprint density at radius 2 is 2.09 bits per heavy atom. The number of methoxy groups -OCH3 is 1. The van der Waals surface area contributed by atoms with Gasteiger partial charge in [0.25, 0.3) is 0 Å². The molecular weight excluding hydrogens is 304 g/mol. The molecule has 1 aliphatic heterocycles. The van der Waals surface area contributed by atoms with E-state index in [1.165, 1.54) is 18.9 Å². The minimum Gasteiger partial charge on any atom is -0.469 e. The van der Waals surface area contributed by atoms with Gasteiger partial charge in [0.05, 0.1) is 19.6 Å². The van der Waals surface area contributed by atoms with Crippen molar-refractivity contribution >= 4 is 34.7 Å². The SMILES string of the molecule is CCOC(=O)N=C1SCC(C(=O)OC)CN1c1ccccc1. The Labute approximate surface area is 133 Å². The minimum atomic E-state index is -0.623. The third-order valence-electron chi connectivity index (χ3n) is 3.10. The van der Waals surface area contributed by atoms with Crippen molar-refractivity contribution in [3.05, 3.63) is 30.3 Å². The molecule has 0 radical (unpaired) electrons. The van der Waals surface area contributed by atoms with Crippen molar-refractivity contribution in [1.29, 1.82) is 0 Å². The molecule has 0 N–H and O–H groups in total. The molecule has 1 aliphatic rings. The van der Waals surface area contributed by atoms with Crippen molar-refractivity contribution in [2.45, 2.75) is 6.92 Å². The molecule has 1 aromatic carbocycles. The number of ether oxygens (including phenoxy) is 2. The molecule has 1 amide bonds. The predicted molar refractivity (Wildman–Crippen MR) is 86.2 cm³/mol. The number of hydrogen-bond acceptors (Lipinski definition) is 5. The van der Waals surface area contributed by atoms with E-state index in [0.29, 0.717) is 17.5 Å². The molecule has 0 bridgehead atoms. The fourth-order valence-electron chi connectivity index (χ4n) is 2.06. The van der Waals surface area contributed by atoms with Crippen LogP contribution in [-0.4, -0.2) is 43.2 Å². The van der Waals surface area contributed by atoms with Crippen molar-refractivity contribution in [3.8, 4) is 0 Å². The Bertz CT molecular complexity index is 562. The summed E-state index contributed by atoms with van der Waals surface area (Å²) < 4.78 is 9.68. The van der Waals surface area contributed by atoms with Crippen LogP contribution in [0.2, 0.25) is 0 Å². The maximum Gasteiger partial charge on any atom is 0.436 e. The quantitative estimate of drug-likeness (QED) is 0.797. The van der Waals surface area contributed by atoms with Crippen LogP contribution in [0.5, 0.6) is 0 Å². The van der Waals surface area contributed by atoms with Gasteiger partial charge in [-0.3, -0.25) is 4.79 Å². The summed E-state index contributed by atoms with van der Waals surface area (Å²) in [5.41, 5.74) is 0.867. The number of nitrogens with zero attached hydrogens (tertiary/aromatic N) is 2. The number of benzene rings is 1. The zero-order chi connectivity index (χ0) is 15.9. The van der Waals surface area contributed by atoms with E-state index in [1.807, 2.05) is 35.2 Å². The molecule has 7 heteroatoms. The summed E-state index contributed by atoms with van der Waals surface area (Å²) in [5, 5.41) is 0.532. The van der Waals surface area contributed by atoms with Crippen LogP contribution in [0.15, 0.2) is 35.3 Å². The van der Waals surface area contributed by atoms with Crippen molar-refractivity contribution in [2.75, 3.05) is 30.9 Å². The Hall–Kier alpha value is -2.02. The van der Waals surface area contributed by atoms with Crippen molar-refractivity contribution in [1.82, 2.24) is 0 Å². The van der Waals surface area contributed by atoms with Crippen LogP contribution < -0.4 is 4.90 Å². The third-order valence-corrected chi connectivity index (χ3v) is 4.24. The second-order valence-corrected chi connectivity index (χ2v) is 5.56. The van der Waals surface area contributed by atoms with E-state index in [9.17, 15) is 9.59 Å². The second-order valence-electron chi connectivity index (χ2n) is 4.57. The maximum atomic E-state index is 11.8. The molecule has 118 valence electrons. The monoisotopic (exact) mass is 322 g/mol. The van der Waals surface area contributed by atoms with Crippen LogP contribution in [0.25, 0.3) is 0 Å². The average Bonchev–Trinajstić information content (AvgIpc) is 2.55. The van der Waals surface area contributed by atoms with Gasteiger partial charge >= 0.3 is 12.1 Å². The number of para-hydroxylation sites is 1. The van der Waals surface area contributed by atoms with Crippen LogP contribution in [0, 0.1) is 5.92 Å². The van der Waals surface area contributed by atoms with Gasteiger partial charge in [0.2, 0.25) is 0 Å². The van der Waals surface area contributed by atoms with E-state index in [4.69, 9.17) is 9.47 Å². The highest BCUT2D eigenvalue weighted by Gasteiger charge is 2.31. The average molecular weight is 322 g/mol. The topological polar surface area (TPSA) is 68.2 Å². The van der Waals surface area contributed by atoms with E-state index in [1.54, 1.807) is 6.92 Å². The maximum absolute atomic E-state index is 11.8. The van der Waals surface area contributed by atoms with E-state index in [2.05, 4.69) is 4.99 Å². The Balaban J connectivity index is 2.25. The number of carbonyl (C=O) groups excluding carboxylic acids is 2.